The maximum atomic E-state index is 0. The van der Waals surface area contributed by atoms with Gasteiger partial charge < -0.3 is 6.15 Å². The van der Waals surface area contributed by atoms with Gasteiger partial charge in [0, 0.05) is 34.3 Å². The molecule has 0 saturated carbocycles. The Kier molecular flexibility index (Phi) is 1810. The van der Waals surface area contributed by atoms with Crippen molar-refractivity contribution in [3.05, 3.63) is 0 Å². The fraction of sp³-hybridized carbons (Fsp3) is 1.00. The van der Waals surface area contributed by atoms with E-state index in [9.17, 15) is 0 Å². The molecule has 31 valence electrons. The minimum Gasteiger partial charge on any atom is -0.344 e. The first-order chi connectivity index (χ1) is 0. The first-order valence-electron chi connectivity index (χ1n) is 0. The first-order valence-corrected chi connectivity index (χ1v) is 0. The summed E-state index contributed by atoms with van der Waals surface area (Å²) in [5.41, 5.74) is 0. The van der Waals surface area contributed by atoms with Crippen LogP contribution in [0.5, 0.6) is 0 Å². The van der Waals surface area contributed by atoms with Crippen LogP contribution < -0.4 is 6.15 Å². The van der Waals surface area contributed by atoms with Crippen LogP contribution in [0, 0.1) is 0 Å². The van der Waals surface area contributed by atoms with Crippen molar-refractivity contribution in [1.29, 1.82) is 0 Å². The Bertz CT molecular complexity index is 11.6. The van der Waals surface area contributed by atoms with Crippen LogP contribution in [0.15, 0.2) is 0 Å². The van der Waals surface area contributed by atoms with Crippen molar-refractivity contribution in [3.8, 4) is 0 Å². The standard InChI is InChI=1S/CH4.B.Hf.H3N.H4Si/h1H4;;;1H3;1H4. The van der Waals surface area contributed by atoms with Crippen molar-refractivity contribution in [1.82, 2.24) is 6.15 Å². The van der Waals surface area contributed by atoms with Crippen LogP contribution in [0.2, 0.25) is 0 Å². The summed E-state index contributed by atoms with van der Waals surface area (Å²) in [6.07, 6.45) is 0. The third-order valence-electron chi connectivity index (χ3n) is 0. The van der Waals surface area contributed by atoms with E-state index in [0.29, 0.717) is 0 Å². The van der Waals surface area contributed by atoms with Crippen LogP contribution in [0.1, 0.15) is 7.43 Å². The summed E-state index contributed by atoms with van der Waals surface area (Å²) in [5, 5.41) is 0. The third kappa shape index (κ3) is 40.0. The Morgan fingerprint density at radius 1 is 1.00 bits per heavy atom. The quantitative estimate of drug-likeness (QED) is 0.551. The average molecular weight is 254 g/mol. The van der Waals surface area contributed by atoms with E-state index in [-0.39, 0.29) is 58.8 Å². The van der Waals surface area contributed by atoms with E-state index in [0.717, 1.165) is 0 Å². The molecule has 4 heteroatoms. The van der Waals surface area contributed by atoms with Crippen LogP contribution in [-0.2, 0) is 25.8 Å². The molecule has 0 aromatic carbocycles. The van der Waals surface area contributed by atoms with Gasteiger partial charge in [0.05, 0.1) is 0 Å². The molecular formula is CH11BHfNSi. The topological polar surface area (TPSA) is 35.0 Å². The van der Waals surface area contributed by atoms with Gasteiger partial charge in [0.15, 0.2) is 0 Å². The minimum absolute atomic E-state index is 0. The minimum atomic E-state index is 0. The second-order valence-electron chi connectivity index (χ2n) is 0. The van der Waals surface area contributed by atoms with Gasteiger partial charge in [-0.15, -0.1) is 0 Å². The summed E-state index contributed by atoms with van der Waals surface area (Å²) >= 11 is 0. The average Bonchev–Trinajstić information content (AvgIpc) is 0. The summed E-state index contributed by atoms with van der Waals surface area (Å²) in [7, 11) is 0. The van der Waals surface area contributed by atoms with Gasteiger partial charge in [0.1, 0.15) is 0 Å². The second kappa shape index (κ2) is 69.9. The maximum absolute atomic E-state index is 0. The van der Waals surface area contributed by atoms with Gasteiger partial charge in [-0.1, -0.05) is 7.43 Å². The van der Waals surface area contributed by atoms with Crippen molar-refractivity contribution >= 4 is 19.4 Å². The van der Waals surface area contributed by atoms with E-state index in [4.69, 9.17) is 0 Å². The Morgan fingerprint density at radius 3 is 1.00 bits per heavy atom. The van der Waals surface area contributed by atoms with Gasteiger partial charge in [-0.2, -0.15) is 0 Å². The molecule has 0 aliphatic carbocycles. The van der Waals surface area contributed by atoms with Crippen molar-refractivity contribution in [2.75, 3.05) is 0 Å². The summed E-state index contributed by atoms with van der Waals surface area (Å²) in [6.45, 7) is 0. The summed E-state index contributed by atoms with van der Waals surface area (Å²) in [6, 6.07) is 0. The van der Waals surface area contributed by atoms with Crippen molar-refractivity contribution in [2.24, 2.45) is 0 Å². The Morgan fingerprint density at radius 2 is 1.00 bits per heavy atom. The van der Waals surface area contributed by atoms with Crippen LogP contribution in [0.3, 0.4) is 0 Å². The van der Waals surface area contributed by atoms with Crippen LogP contribution in [0.4, 0.5) is 0 Å². The Labute approximate surface area is 58.9 Å². The van der Waals surface area contributed by atoms with Gasteiger partial charge in [0.25, 0.3) is 0 Å². The SMILES string of the molecule is C.N.[B].[Hf].[SiH4]. The fourth-order valence-corrected chi connectivity index (χ4v) is 0. The second-order valence-corrected chi connectivity index (χ2v) is 0. The van der Waals surface area contributed by atoms with Gasteiger partial charge in [-0.05, 0) is 11.0 Å². The third-order valence-corrected chi connectivity index (χ3v) is 0. The zero-order chi connectivity index (χ0) is 0. The molecule has 0 unspecified atom stereocenters. The molecular weight excluding hydrogens is 243 g/mol. The molecule has 0 amide bonds. The fourth-order valence-electron chi connectivity index (χ4n) is 0. The Hall–Kier alpha value is 1.11. The van der Waals surface area contributed by atoms with E-state index < -0.39 is 0 Å². The van der Waals surface area contributed by atoms with Crippen molar-refractivity contribution < 1.29 is 25.8 Å². The molecule has 0 heterocycles. The van der Waals surface area contributed by atoms with Gasteiger partial charge in [-0.25, -0.2) is 0 Å². The number of hydrogen-bond acceptors (Lipinski definition) is 1. The van der Waals surface area contributed by atoms with Gasteiger partial charge >= 0.3 is 0 Å². The molecule has 0 atom stereocenters. The molecule has 1 nitrogen and oxygen atoms in total. The van der Waals surface area contributed by atoms with Crippen LogP contribution in [-0.4, -0.2) is 19.4 Å². The van der Waals surface area contributed by atoms with Crippen LogP contribution >= 0.6 is 0 Å². The van der Waals surface area contributed by atoms with Crippen LogP contribution in [0.25, 0.3) is 0 Å². The smallest absolute Gasteiger partial charge is 0 e. The van der Waals surface area contributed by atoms with Gasteiger partial charge in [0.2, 0.25) is 0 Å². The molecule has 3 N–H and O–H groups in total. The molecule has 0 rings (SSSR count). The van der Waals surface area contributed by atoms with E-state index in [1.807, 2.05) is 0 Å². The molecule has 0 bridgehead atoms. The number of rotatable bonds is 0. The predicted molar refractivity (Wildman–Crippen MR) is 28.8 cm³/mol. The monoisotopic (exact) mass is 256 g/mol. The predicted octanol–water partition coefficient (Wildman–Crippen LogP) is -1.04. The molecule has 0 aliphatic heterocycles. The van der Waals surface area contributed by atoms with E-state index >= 15 is 0 Å². The maximum Gasteiger partial charge on any atom is 0 e. The zero-order valence-electron chi connectivity index (χ0n) is 1.78. The molecule has 3 radical (unpaired) electrons. The summed E-state index contributed by atoms with van der Waals surface area (Å²) in [5.74, 6) is 0. The van der Waals surface area contributed by atoms with E-state index in [2.05, 4.69) is 0 Å². The molecule has 0 aliphatic rings. The van der Waals surface area contributed by atoms with Gasteiger partial charge in [-0.3, -0.25) is 0 Å². The number of hydrogen-bond donors (Lipinski definition) is 1. The Balaban J connectivity index is 0. The van der Waals surface area contributed by atoms with Crippen molar-refractivity contribution in [3.63, 3.8) is 0 Å². The zero-order valence-corrected chi connectivity index (χ0v) is 5.38. The normalized spacial score (nSPS) is 0. The molecule has 0 saturated heterocycles. The molecule has 0 fully saturated rings. The summed E-state index contributed by atoms with van der Waals surface area (Å²) < 4.78 is 0. The van der Waals surface area contributed by atoms with Crippen molar-refractivity contribution in [2.45, 2.75) is 7.43 Å². The molecule has 0 aromatic heterocycles. The largest absolute Gasteiger partial charge is 0.344 e. The summed E-state index contributed by atoms with van der Waals surface area (Å²) in [4.78, 5) is 0. The van der Waals surface area contributed by atoms with E-state index in [1.54, 1.807) is 0 Å². The molecule has 0 spiro atoms. The molecule has 5 heavy (non-hydrogen) atoms. The van der Waals surface area contributed by atoms with E-state index in [1.165, 1.54) is 0 Å². The molecule has 0 aromatic rings. The first kappa shape index (κ1) is 129.